The van der Waals surface area contributed by atoms with E-state index in [0.717, 1.165) is 11.1 Å². The van der Waals surface area contributed by atoms with Crippen molar-refractivity contribution < 1.29 is 27.8 Å². The number of benzene rings is 3. The highest BCUT2D eigenvalue weighted by molar-refractivity contribution is 7.90. The lowest BCUT2D eigenvalue weighted by molar-refractivity contribution is -0.138. The maximum absolute atomic E-state index is 13.5. The quantitative estimate of drug-likeness (QED) is 0.272. The van der Waals surface area contributed by atoms with Gasteiger partial charge in [0.1, 0.15) is 5.78 Å². The summed E-state index contributed by atoms with van der Waals surface area (Å²) in [5.41, 5.74) is 8.42. The van der Waals surface area contributed by atoms with E-state index in [0.29, 0.717) is 11.1 Å². The molecule has 0 aliphatic rings. The van der Waals surface area contributed by atoms with E-state index >= 15 is 0 Å². The summed E-state index contributed by atoms with van der Waals surface area (Å²) in [4.78, 5) is 23.0. The van der Waals surface area contributed by atoms with Crippen molar-refractivity contribution in [1.29, 1.82) is 0 Å². The molecule has 3 atom stereocenters. The van der Waals surface area contributed by atoms with Crippen LogP contribution in [0.15, 0.2) is 83.8 Å². The zero-order valence-electron chi connectivity index (χ0n) is 20.1. The SMILES string of the molecule is CC(C)[C@H](NS(=O)(=O)c1ccc(-c2ccccc2)cc1)P(=O)(O)C[C@H](C(=O)O)c1cccc(CN)c1. The van der Waals surface area contributed by atoms with Gasteiger partial charge in [-0.15, -0.1) is 0 Å². The van der Waals surface area contributed by atoms with Gasteiger partial charge in [0.2, 0.25) is 17.4 Å². The molecule has 36 heavy (non-hydrogen) atoms. The standard InChI is InChI=1S/C26H31N2O6PS/c1-18(2)25(35(31,32)17-24(26(29)30)22-10-6-7-19(15-22)16-27)28-36(33,34)23-13-11-21(12-14-23)20-8-4-3-5-9-20/h3-15,18,24-25,28H,16-17,27H2,1-2H3,(H,29,30)(H,31,32)/t24-,25+/m0/s1. The van der Waals surface area contributed by atoms with Gasteiger partial charge < -0.3 is 15.7 Å². The maximum Gasteiger partial charge on any atom is 0.311 e. The smallest absolute Gasteiger partial charge is 0.311 e. The minimum absolute atomic E-state index is 0.0572. The van der Waals surface area contributed by atoms with E-state index in [2.05, 4.69) is 4.72 Å². The van der Waals surface area contributed by atoms with Gasteiger partial charge in [-0.3, -0.25) is 9.36 Å². The molecule has 0 aromatic heterocycles. The Hall–Kier alpha value is -2.81. The summed E-state index contributed by atoms with van der Waals surface area (Å²) in [6, 6.07) is 22.2. The molecule has 0 bridgehead atoms. The van der Waals surface area contributed by atoms with E-state index in [1.165, 1.54) is 12.1 Å². The molecule has 0 saturated carbocycles. The molecule has 0 spiro atoms. The molecule has 0 radical (unpaired) electrons. The average molecular weight is 531 g/mol. The van der Waals surface area contributed by atoms with E-state index in [1.54, 1.807) is 50.2 Å². The van der Waals surface area contributed by atoms with E-state index in [1.807, 2.05) is 30.3 Å². The number of carboxylic acid groups (broad SMARTS) is 1. The third kappa shape index (κ3) is 6.69. The Kier molecular flexibility index (Phi) is 8.87. The highest BCUT2D eigenvalue weighted by atomic mass is 32.2. The molecule has 5 N–H and O–H groups in total. The molecule has 8 nitrogen and oxygen atoms in total. The molecular formula is C26H31N2O6PS. The second kappa shape index (κ2) is 11.5. The molecule has 0 aliphatic heterocycles. The molecule has 0 heterocycles. The van der Waals surface area contributed by atoms with Crippen LogP contribution in [0, 0.1) is 5.92 Å². The average Bonchev–Trinajstić information content (AvgIpc) is 2.86. The summed E-state index contributed by atoms with van der Waals surface area (Å²) in [5, 5.41) is 9.80. The van der Waals surface area contributed by atoms with Gasteiger partial charge >= 0.3 is 5.97 Å². The van der Waals surface area contributed by atoms with Crippen molar-refractivity contribution in [3.8, 4) is 11.1 Å². The normalized spacial score (nSPS) is 15.2. The van der Waals surface area contributed by atoms with Crippen molar-refractivity contribution in [3.63, 3.8) is 0 Å². The van der Waals surface area contributed by atoms with Crippen LogP contribution in [-0.2, 0) is 25.9 Å². The Balaban J connectivity index is 1.86. The summed E-state index contributed by atoms with van der Waals surface area (Å²) in [7, 11) is -8.50. The summed E-state index contributed by atoms with van der Waals surface area (Å²) in [5.74, 6) is -4.54. The largest absolute Gasteiger partial charge is 0.481 e. The van der Waals surface area contributed by atoms with E-state index in [9.17, 15) is 27.8 Å². The molecule has 3 aromatic carbocycles. The van der Waals surface area contributed by atoms with E-state index < -0.39 is 47.1 Å². The highest BCUT2D eigenvalue weighted by Crippen LogP contribution is 2.51. The molecule has 10 heteroatoms. The maximum atomic E-state index is 13.5. The Morgan fingerprint density at radius 1 is 0.972 bits per heavy atom. The Bertz CT molecular complexity index is 1340. The third-order valence-electron chi connectivity index (χ3n) is 5.95. The lowest BCUT2D eigenvalue weighted by atomic mass is 9.99. The molecule has 0 amide bonds. The number of carboxylic acids is 1. The predicted molar refractivity (Wildman–Crippen MR) is 140 cm³/mol. The van der Waals surface area contributed by atoms with Gasteiger partial charge in [0.25, 0.3) is 0 Å². The zero-order valence-corrected chi connectivity index (χ0v) is 21.8. The van der Waals surface area contributed by atoms with Crippen molar-refractivity contribution in [2.45, 2.75) is 37.0 Å². The molecular weight excluding hydrogens is 499 g/mol. The van der Waals surface area contributed by atoms with Crippen molar-refractivity contribution in [2.24, 2.45) is 11.7 Å². The fourth-order valence-electron chi connectivity index (χ4n) is 4.01. The minimum atomic E-state index is -4.33. The number of hydrogen-bond donors (Lipinski definition) is 4. The minimum Gasteiger partial charge on any atom is -0.481 e. The Morgan fingerprint density at radius 2 is 1.58 bits per heavy atom. The summed E-state index contributed by atoms with van der Waals surface area (Å²) >= 11 is 0. The second-order valence-corrected chi connectivity index (χ2v) is 13.1. The number of aliphatic carboxylic acids is 1. The van der Waals surface area contributed by atoms with Gasteiger partial charge in [0.15, 0.2) is 0 Å². The fraction of sp³-hybridized carbons (Fsp3) is 0.269. The van der Waals surface area contributed by atoms with Crippen LogP contribution < -0.4 is 10.5 Å². The topological polar surface area (TPSA) is 147 Å². The highest BCUT2D eigenvalue weighted by Gasteiger charge is 2.40. The lowest BCUT2D eigenvalue weighted by Gasteiger charge is -2.29. The monoisotopic (exact) mass is 530 g/mol. The van der Waals surface area contributed by atoms with Gasteiger partial charge in [-0.05, 0) is 40.3 Å². The number of rotatable bonds is 11. The molecule has 3 rings (SSSR count). The van der Waals surface area contributed by atoms with Crippen molar-refractivity contribution in [1.82, 2.24) is 4.72 Å². The number of carbonyl (C=O) groups is 1. The lowest BCUT2D eigenvalue weighted by Crippen LogP contribution is -2.39. The van der Waals surface area contributed by atoms with Crippen LogP contribution in [0.1, 0.15) is 30.9 Å². The van der Waals surface area contributed by atoms with Crippen LogP contribution in [-0.4, -0.2) is 36.3 Å². The van der Waals surface area contributed by atoms with Crippen LogP contribution in [0.2, 0.25) is 0 Å². The molecule has 0 fully saturated rings. The molecule has 192 valence electrons. The fourth-order valence-corrected chi connectivity index (χ4v) is 8.35. The number of nitrogens with two attached hydrogens (primary N) is 1. The number of sulfonamides is 1. The third-order valence-corrected chi connectivity index (χ3v) is 10.1. The first-order valence-electron chi connectivity index (χ1n) is 11.5. The number of nitrogens with one attached hydrogen (secondary N) is 1. The van der Waals surface area contributed by atoms with Gasteiger partial charge in [-0.2, -0.15) is 4.72 Å². The Morgan fingerprint density at radius 3 is 2.14 bits per heavy atom. The van der Waals surface area contributed by atoms with Gasteiger partial charge in [0.05, 0.1) is 10.8 Å². The zero-order chi connectivity index (χ0) is 26.5. The van der Waals surface area contributed by atoms with Crippen molar-refractivity contribution in [3.05, 3.63) is 90.0 Å². The first-order valence-corrected chi connectivity index (χ1v) is 14.9. The van der Waals surface area contributed by atoms with Crippen molar-refractivity contribution in [2.75, 3.05) is 6.16 Å². The van der Waals surface area contributed by atoms with E-state index in [4.69, 9.17) is 5.73 Å². The van der Waals surface area contributed by atoms with Crippen LogP contribution in [0.4, 0.5) is 0 Å². The molecule has 1 unspecified atom stereocenters. The van der Waals surface area contributed by atoms with Crippen LogP contribution >= 0.6 is 7.37 Å². The van der Waals surface area contributed by atoms with Crippen LogP contribution in [0.25, 0.3) is 11.1 Å². The molecule has 0 saturated heterocycles. The van der Waals surface area contributed by atoms with Crippen molar-refractivity contribution >= 4 is 23.4 Å². The van der Waals surface area contributed by atoms with Crippen LogP contribution in [0.5, 0.6) is 0 Å². The summed E-state index contributed by atoms with van der Waals surface area (Å²) < 4.78 is 42.1. The summed E-state index contributed by atoms with van der Waals surface area (Å²) in [6.07, 6.45) is -0.630. The van der Waals surface area contributed by atoms with E-state index in [-0.39, 0.29) is 11.4 Å². The number of hydrogen-bond acceptors (Lipinski definition) is 5. The first kappa shape index (κ1) is 27.8. The summed E-state index contributed by atoms with van der Waals surface area (Å²) in [6.45, 7) is 3.41. The molecule has 0 aliphatic carbocycles. The van der Waals surface area contributed by atoms with Crippen LogP contribution in [0.3, 0.4) is 0 Å². The Labute approximate surface area is 211 Å². The first-order chi connectivity index (χ1) is 16.9. The van der Waals surface area contributed by atoms with Gasteiger partial charge in [0, 0.05) is 12.7 Å². The molecule has 3 aromatic rings. The second-order valence-electron chi connectivity index (χ2n) is 8.98. The van der Waals surface area contributed by atoms with Gasteiger partial charge in [-0.1, -0.05) is 80.6 Å². The predicted octanol–water partition coefficient (Wildman–Crippen LogP) is 4.21. The van der Waals surface area contributed by atoms with Gasteiger partial charge in [-0.25, -0.2) is 8.42 Å².